The molecular weight excluding hydrogens is 300 g/mol. The van der Waals surface area contributed by atoms with Gasteiger partial charge in [-0.05, 0) is 40.5 Å². The molecule has 0 atom stereocenters. The second kappa shape index (κ2) is 6.39. The van der Waals surface area contributed by atoms with Crippen LogP contribution in [-0.4, -0.2) is 35.5 Å². The summed E-state index contributed by atoms with van der Waals surface area (Å²) >= 11 is 3.29. The van der Waals surface area contributed by atoms with Gasteiger partial charge in [-0.3, -0.25) is 9.59 Å². The molecule has 1 aromatic carbocycles. The number of nitrogen functional groups attached to an aromatic ring is 1. The number of hydrogen-bond donors (Lipinski definition) is 2. The number of nitrogens with zero attached hydrogens (tertiary/aromatic N) is 1. The lowest BCUT2D eigenvalue weighted by molar-refractivity contribution is -0.137. The highest BCUT2D eigenvalue weighted by molar-refractivity contribution is 9.10. The molecular formula is C12H15BrN2O3. The monoisotopic (exact) mass is 314 g/mol. The molecule has 0 bridgehead atoms. The third-order valence-corrected chi connectivity index (χ3v) is 3.14. The Kier molecular flexibility index (Phi) is 5.15. The Balaban J connectivity index is 2.68. The van der Waals surface area contributed by atoms with Gasteiger partial charge in [-0.2, -0.15) is 0 Å². The summed E-state index contributed by atoms with van der Waals surface area (Å²) in [5, 5.41) is 8.54. The van der Waals surface area contributed by atoms with Crippen molar-refractivity contribution >= 4 is 33.5 Å². The average Bonchev–Trinajstić information content (AvgIpc) is 2.30. The van der Waals surface area contributed by atoms with Crippen LogP contribution in [0.4, 0.5) is 5.69 Å². The number of hydrogen-bond acceptors (Lipinski definition) is 3. The fourth-order valence-electron chi connectivity index (χ4n) is 1.48. The summed E-state index contributed by atoms with van der Waals surface area (Å²) in [7, 11) is 1.64. The highest BCUT2D eigenvalue weighted by atomic mass is 79.9. The standard InChI is InChI=1S/C12H15BrN2O3/c1-15(6-2-3-11(16)17)12(18)9-7-8(14)4-5-10(9)13/h4-5,7H,2-3,6,14H2,1H3,(H,16,17). The van der Waals surface area contributed by atoms with Gasteiger partial charge in [0.2, 0.25) is 0 Å². The first-order valence-corrected chi connectivity index (χ1v) is 6.23. The number of aliphatic carboxylic acids is 1. The Morgan fingerprint density at radius 2 is 2.11 bits per heavy atom. The lowest BCUT2D eigenvalue weighted by Gasteiger charge is -2.17. The first kappa shape index (κ1) is 14.5. The topological polar surface area (TPSA) is 83.6 Å². The van der Waals surface area contributed by atoms with Crippen LogP contribution >= 0.6 is 15.9 Å². The molecule has 0 aliphatic carbocycles. The molecule has 0 heterocycles. The van der Waals surface area contributed by atoms with Crippen molar-refractivity contribution in [1.82, 2.24) is 4.90 Å². The van der Waals surface area contributed by atoms with Gasteiger partial charge < -0.3 is 15.7 Å². The van der Waals surface area contributed by atoms with Gasteiger partial charge in [0.25, 0.3) is 5.91 Å². The van der Waals surface area contributed by atoms with Gasteiger partial charge in [0.1, 0.15) is 0 Å². The second-order valence-electron chi connectivity index (χ2n) is 3.96. The van der Waals surface area contributed by atoms with Crippen LogP contribution in [0.3, 0.4) is 0 Å². The van der Waals surface area contributed by atoms with E-state index in [1.165, 1.54) is 4.90 Å². The van der Waals surface area contributed by atoms with E-state index in [4.69, 9.17) is 10.8 Å². The number of halogens is 1. The summed E-state index contributed by atoms with van der Waals surface area (Å²) in [6, 6.07) is 5.01. The Bertz CT molecular complexity index is 463. The first-order chi connectivity index (χ1) is 8.41. The van der Waals surface area contributed by atoms with Crippen molar-refractivity contribution in [1.29, 1.82) is 0 Å². The van der Waals surface area contributed by atoms with Crippen LogP contribution in [0.2, 0.25) is 0 Å². The quantitative estimate of drug-likeness (QED) is 0.814. The highest BCUT2D eigenvalue weighted by Gasteiger charge is 2.15. The predicted octanol–water partition coefficient (Wildman–Crippen LogP) is 1.97. The van der Waals surface area contributed by atoms with E-state index in [0.717, 1.165) is 0 Å². The third-order valence-electron chi connectivity index (χ3n) is 2.45. The van der Waals surface area contributed by atoms with Crippen LogP contribution in [-0.2, 0) is 4.79 Å². The van der Waals surface area contributed by atoms with E-state index < -0.39 is 5.97 Å². The first-order valence-electron chi connectivity index (χ1n) is 5.44. The molecule has 3 N–H and O–H groups in total. The van der Waals surface area contributed by atoms with Crippen LogP contribution in [0.25, 0.3) is 0 Å². The van der Waals surface area contributed by atoms with Crippen molar-refractivity contribution < 1.29 is 14.7 Å². The van der Waals surface area contributed by atoms with Gasteiger partial charge in [0.15, 0.2) is 0 Å². The molecule has 0 aromatic heterocycles. The molecule has 1 amide bonds. The normalized spacial score (nSPS) is 10.1. The van der Waals surface area contributed by atoms with E-state index in [-0.39, 0.29) is 12.3 Å². The maximum Gasteiger partial charge on any atom is 0.303 e. The van der Waals surface area contributed by atoms with Gasteiger partial charge >= 0.3 is 5.97 Å². The van der Waals surface area contributed by atoms with Crippen LogP contribution in [0, 0.1) is 0 Å². The number of carbonyl (C=O) groups excluding carboxylic acids is 1. The van der Waals surface area contributed by atoms with Gasteiger partial charge in [-0.25, -0.2) is 0 Å². The molecule has 1 rings (SSSR count). The zero-order valence-electron chi connectivity index (χ0n) is 10.0. The minimum atomic E-state index is -0.860. The van der Waals surface area contributed by atoms with Crippen LogP contribution in [0.1, 0.15) is 23.2 Å². The van der Waals surface area contributed by atoms with Crippen molar-refractivity contribution in [2.45, 2.75) is 12.8 Å². The average molecular weight is 315 g/mol. The third kappa shape index (κ3) is 4.03. The maximum absolute atomic E-state index is 12.1. The molecule has 0 saturated carbocycles. The van der Waals surface area contributed by atoms with E-state index in [0.29, 0.717) is 28.7 Å². The smallest absolute Gasteiger partial charge is 0.303 e. The summed E-state index contributed by atoms with van der Waals surface area (Å²) < 4.78 is 0.673. The Morgan fingerprint density at radius 3 is 2.72 bits per heavy atom. The molecule has 0 unspecified atom stereocenters. The van der Waals surface area contributed by atoms with Crippen LogP contribution < -0.4 is 5.73 Å². The van der Waals surface area contributed by atoms with Crippen molar-refractivity contribution in [2.24, 2.45) is 0 Å². The van der Waals surface area contributed by atoms with Crippen molar-refractivity contribution in [3.63, 3.8) is 0 Å². The van der Waals surface area contributed by atoms with E-state index in [1.54, 1.807) is 25.2 Å². The number of amides is 1. The summed E-state index contributed by atoms with van der Waals surface area (Å²) in [6.45, 7) is 0.395. The molecule has 0 fully saturated rings. The van der Waals surface area contributed by atoms with Gasteiger partial charge in [0.05, 0.1) is 5.56 Å². The fourth-order valence-corrected chi connectivity index (χ4v) is 1.90. The Hall–Kier alpha value is -1.56. The molecule has 18 heavy (non-hydrogen) atoms. The molecule has 0 aliphatic rings. The SMILES string of the molecule is CN(CCCC(=O)O)C(=O)c1cc(N)ccc1Br. The lowest BCUT2D eigenvalue weighted by atomic mass is 10.1. The predicted molar refractivity (Wildman–Crippen MR) is 72.4 cm³/mol. The summed E-state index contributed by atoms with van der Waals surface area (Å²) in [5.41, 5.74) is 6.63. The molecule has 0 spiro atoms. The highest BCUT2D eigenvalue weighted by Crippen LogP contribution is 2.21. The number of carboxylic acid groups (broad SMARTS) is 1. The molecule has 6 heteroatoms. The molecule has 0 saturated heterocycles. The molecule has 0 radical (unpaired) electrons. The second-order valence-corrected chi connectivity index (χ2v) is 4.82. The Morgan fingerprint density at radius 1 is 1.44 bits per heavy atom. The molecule has 0 aliphatic heterocycles. The largest absolute Gasteiger partial charge is 0.481 e. The van der Waals surface area contributed by atoms with Crippen LogP contribution in [0.15, 0.2) is 22.7 Å². The van der Waals surface area contributed by atoms with E-state index in [9.17, 15) is 9.59 Å². The van der Waals surface area contributed by atoms with E-state index >= 15 is 0 Å². The molecule has 1 aromatic rings. The van der Waals surface area contributed by atoms with Gasteiger partial charge in [-0.1, -0.05) is 0 Å². The van der Waals surface area contributed by atoms with Crippen molar-refractivity contribution in [2.75, 3.05) is 19.3 Å². The minimum Gasteiger partial charge on any atom is -0.481 e. The van der Waals surface area contributed by atoms with E-state index in [1.807, 2.05) is 0 Å². The summed E-state index contributed by atoms with van der Waals surface area (Å²) in [6.07, 6.45) is 0.479. The van der Waals surface area contributed by atoms with Gasteiger partial charge in [0, 0.05) is 30.2 Å². The minimum absolute atomic E-state index is 0.0513. The van der Waals surface area contributed by atoms with E-state index in [2.05, 4.69) is 15.9 Å². The van der Waals surface area contributed by atoms with Gasteiger partial charge in [-0.15, -0.1) is 0 Å². The molecule has 5 nitrogen and oxygen atoms in total. The zero-order valence-corrected chi connectivity index (χ0v) is 11.6. The number of nitrogens with two attached hydrogens (primary N) is 1. The number of carboxylic acids is 1. The zero-order chi connectivity index (χ0) is 13.7. The number of rotatable bonds is 5. The number of carbonyl (C=O) groups is 2. The number of benzene rings is 1. The van der Waals surface area contributed by atoms with Crippen molar-refractivity contribution in [3.8, 4) is 0 Å². The fraction of sp³-hybridized carbons (Fsp3) is 0.333. The molecule has 98 valence electrons. The summed E-state index contributed by atoms with van der Waals surface area (Å²) in [5.74, 6) is -1.04. The lowest BCUT2D eigenvalue weighted by Crippen LogP contribution is -2.28. The van der Waals surface area contributed by atoms with Crippen molar-refractivity contribution in [3.05, 3.63) is 28.2 Å². The maximum atomic E-state index is 12.1. The van der Waals surface area contributed by atoms with Crippen LogP contribution in [0.5, 0.6) is 0 Å². The Labute approximate surface area is 114 Å². The number of anilines is 1. The summed E-state index contributed by atoms with van der Waals surface area (Å²) in [4.78, 5) is 24.0.